The molecule has 0 spiro atoms. The van der Waals surface area contributed by atoms with Crippen molar-refractivity contribution in [3.05, 3.63) is 24.2 Å². The quantitative estimate of drug-likeness (QED) is 0.873. The van der Waals surface area contributed by atoms with Gasteiger partial charge in [-0.15, -0.1) is 0 Å². The van der Waals surface area contributed by atoms with Crippen molar-refractivity contribution in [2.45, 2.75) is 51.6 Å². The van der Waals surface area contributed by atoms with Crippen molar-refractivity contribution in [1.29, 1.82) is 0 Å². The van der Waals surface area contributed by atoms with E-state index in [1.165, 1.54) is 25.7 Å². The largest absolute Gasteiger partial charge is 0.468 e. The van der Waals surface area contributed by atoms with Gasteiger partial charge in [-0.25, -0.2) is 0 Å². The second-order valence-corrected chi connectivity index (χ2v) is 5.55. The van der Waals surface area contributed by atoms with E-state index >= 15 is 0 Å². The number of hydrogen-bond acceptors (Lipinski definition) is 3. The summed E-state index contributed by atoms with van der Waals surface area (Å²) in [7, 11) is 0. The Morgan fingerprint density at radius 1 is 1.50 bits per heavy atom. The van der Waals surface area contributed by atoms with E-state index in [1.807, 2.05) is 6.07 Å². The van der Waals surface area contributed by atoms with Crippen molar-refractivity contribution in [3.63, 3.8) is 0 Å². The third kappa shape index (κ3) is 2.47. The minimum atomic E-state index is 0.166. The molecule has 2 unspecified atom stereocenters. The highest BCUT2D eigenvalue weighted by atomic mass is 16.3. The number of likely N-dealkylation sites (N-methyl/N-ethyl adjacent to an activating group) is 1. The van der Waals surface area contributed by atoms with E-state index in [-0.39, 0.29) is 5.54 Å². The van der Waals surface area contributed by atoms with Gasteiger partial charge < -0.3 is 10.2 Å². The third-order valence-corrected chi connectivity index (χ3v) is 4.71. The topological polar surface area (TPSA) is 42.4 Å². The molecule has 0 saturated heterocycles. The van der Waals surface area contributed by atoms with Crippen LogP contribution in [0.3, 0.4) is 0 Å². The minimum Gasteiger partial charge on any atom is -0.468 e. The number of furan rings is 1. The van der Waals surface area contributed by atoms with Crippen LogP contribution in [0.2, 0.25) is 0 Å². The van der Waals surface area contributed by atoms with Gasteiger partial charge in [-0.2, -0.15) is 0 Å². The van der Waals surface area contributed by atoms with E-state index in [9.17, 15) is 0 Å². The van der Waals surface area contributed by atoms with Crippen LogP contribution in [0.1, 0.15) is 45.3 Å². The van der Waals surface area contributed by atoms with E-state index in [2.05, 4.69) is 24.8 Å². The van der Waals surface area contributed by atoms with Crippen molar-refractivity contribution >= 4 is 0 Å². The molecule has 1 aromatic heterocycles. The van der Waals surface area contributed by atoms with Gasteiger partial charge in [0.15, 0.2) is 0 Å². The molecule has 1 heterocycles. The number of nitrogens with two attached hydrogens (primary N) is 1. The summed E-state index contributed by atoms with van der Waals surface area (Å²) in [4.78, 5) is 2.52. The Bertz CT molecular complexity index is 349. The molecular formula is C15H26N2O. The van der Waals surface area contributed by atoms with Crippen LogP contribution >= 0.6 is 0 Å². The molecule has 18 heavy (non-hydrogen) atoms. The van der Waals surface area contributed by atoms with Crippen LogP contribution in [0.5, 0.6) is 0 Å². The van der Waals surface area contributed by atoms with E-state index in [0.29, 0.717) is 5.92 Å². The van der Waals surface area contributed by atoms with Crippen LogP contribution in [0.15, 0.2) is 22.8 Å². The molecule has 1 aliphatic rings. The van der Waals surface area contributed by atoms with Gasteiger partial charge in [-0.3, -0.25) is 4.90 Å². The summed E-state index contributed by atoms with van der Waals surface area (Å²) in [5.41, 5.74) is 6.33. The second-order valence-electron chi connectivity index (χ2n) is 5.55. The predicted molar refractivity (Wildman–Crippen MR) is 74.2 cm³/mol. The zero-order valence-corrected chi connectivity index (χ0v) is 11.7. The van der Waals surface area contributed by atoms with E-state index in [0.717, 1.165) is 25.4 Å². The van der Waals surface area contributed by atoms with Crippen molar-refractivity contribution in [3.8, 4) is 0 Å². The van der Waals surface area contributed by atoms with E-state index in [4.69, 9.17) is 10.2 Å². The van der Waals surface area contributed by atoms with Crippen molar-refractivity contribution < 1.29 is 4.42 Å². The zero-order valence-electron chi connectivity index (χ0n) is 11.7. The molecule has 2 atom stereocenters. The average molecular weight is 250 g/mol. The molecule has 2 N–H and O–H groups in total. The Morgan fingerprint density at radius 2 is 2.33 bits per heavy atom. The molecule has 1 aliphatic carbocycles. The molecule has 0 aliphatic heterocycles. The maximum atomic E-state index is 6.16. The fourth-order valence-electron chi connectivity index (χ4n) is 3.47. The number of hydrogen-bond donors (Lipinski definition) is 1. The molecule has 1 fully saturated rings. The normalized spacial score (nSPS) is 28.8. The lowest BCUT2D eigenvalue weighted by Gasteiger charge is -2.49. The lowest BCUT2D eigenvalue weighted by Crippen LogP contribution is -2.58. The highest BCUT2D eigenvalue weighted by Gasteiger charge is 2.41. The van der Waals surface area contributed by atoms with Crippen LogP contribution in [-0.4, -0.2) is 23.5 Å². The zero-order chi connectivity index (χ0) is 13.0. The number of nitrogens with zero attached hydrogens (tertiary/aromatic N) is 1. The van der Waals surface area contributed by atoms with Crippen LogP contribution in [-0.2, 0) is 6.54 Å². The molecule has 0 bridgehead atoms. The summed E-state index contributed by atoms with van der Waals surface area (Å²) in [5, 5.41) is 0. The van der Waals surface area contributed by atoms with Crippen LogP contribution < -0.4 is 5.73 Å². The smallest absolute Gasteiger partial charge is 0.117 e. The second kappa shape index (κ2) is 5.89. The van der Waals surface area contributed by atoms with Crippen LogP contribution in [0, 0.1) is 5.92 Å². The minimum absolute atomic E-state index is 0.166. The first-order chi connectivity index (χ1) is 8.73. The molecule has 2 rings (SSSR count). The fourth-order valence-corrected chi connectivity index (χ4v) is 3.47. The highest BCUT2D eigenvalue weighted by Crippen LogP contribution is 2.38. The first kappa shape index (κ1) is 13.6. The van der Waals surface area contributed by atoms with Gasteiger partial charge >= 0.3 is 0 Å². The van der Waals surface area contributed by atoms with Crippen LogP contribution in [0.4, 0.5) is 0 Å². The molecule has 3 nitrogen and oxygen atoms in total. The lowest BCUT2D eigenvalue weighted by atomic mass is 9.72. The number of rotatable bonds is 5. The summed E-state index contributed by atoms with van der Waals surface area (Å²) >= 11 is 0. The predicted octanol–water partition coefficient (Wildman–Crippen LogP) is 3.01. The maximum absolute atomic E-state index is 6.16. The molecule has 0 amide bonds. The molecule has 0 radical (unpaired) electrons. The summed E-state index contributed by atoms with van der Waals surface area (Å²) in [6.45, 7) is 7.24. The third-order valence-electron chi connectivity index (χ3n) is 4.71. The first-order valence-electron chi connectivity index (χ1n) is 7.20. The van der Waals surface area contributed by atoms with Crippen molar-refractivity contribution in [2.24, 2.45) is 11.7 Å². The average Bonchev–Trinajstić information content (AvgIpc) is 2.90. The van der Waals surface area contributed by atoms with Gasteiger partial charge in [-0.05, 0) is 37.4 Å². The van der Waals surface area contributed by atoms with Crippen LogP contribution in [0.25, 0.3) is 0 Å². The van der Waals surface area contributed by atoms with Gasteiger partial charge in [0.05, 0.1) is 12.8 Å². The van der Waals surface area contributed by atoms with E-state index in [1.54, 1.807) is 6.26 Å². The first-order valence-corrected chi connectivity index (χ1v) is 7.20. The van der Waals surface area contributed by atoms with Gasteiger partial charge in [0.25, 0.3) is 0 Å². The molecular weight excluding hydrogens is 224 g/mol. The highest BCUT2D eigenvalue weighted by molar-refractivity contribution is 5.03. The summed E-state index contributed by atoms with van der Waals surface area (Å²) < 4.78 is 5.50. The maximum Gasteiger partial charge on any atom is 0.117 e. The molecule has 1 saturated carbocycles. The Morgan fingerprint density at radius 3 is 2.89 bits per heavy atom. The van der Waals surface area contributed by atoms with Gasteiger partial charge in [0.1, 0.15) is 5.76 Å². The fraction of sp³-hybridized carbons (Fsp3) is 0.733. The Kier molecular flexibility index (Phi) is 4.46. The van der Waals surface area contributed by atoms with Gasteiger partial charge in [0, 0.05) is 12.1 Å². The lowest BCUT2D eigenvalue weighted by molar-refractivity contribution is 0.00634. The van der Waals surface area contributed by atoms with E-state index < -0.39 is 0 Å². The Labute approximate surface area is 110 Å². The summed E-state index contributed by atoms with van der Waals surface area (Å²) in [5.74, 6) is 1.72. The summed E-state index contributed by atoms with van der Waals surface area (Å²) in [6.07, 6.45) is 6.92. The summed E-state index contributed by atoms with van der Waals surface area (Å²) in [6, 6.07) is 4.02. The van der Waals surface area contributed by atoms with Gasteiger partial charge in [0.2, 0.25) is 0 Å². The Balaban J connectivity index is 2.17. The van der Waals surface area contributed by atoms with Crippen molar-refractivity contribution in [1.82, 2.24) is 4.90 Å². The van der Waals surface area contributed by atoms with Gasteiger partial charge in [-0.1, -0.05) is 26.7 Å². The Hall–Kier alpha value is -0.800. The molecule has 3 heteroatoms. The molecule has 102 valence electrons. The van der Waals surface area contributed by atoms with Crippen molar-refractivity contribution in [2.75, 3.05) is 13.1 Å². The monoisotopic (exact) mass is 250 g/mol. The standard InChI is InChI=1S/C15H26N2O/c1-3-17(11-14-8-6-10-18-14)15(12-16)9-5-4-7-13(15)2/h6,8,10,13H,3-5,7,9,11-12,16H2,1-2H3. The molecule has 1 aromatic rings. The SMILES string of the molecule is CCN(Cc1ccco1)C1(CN)CCCCC1C. The molecule has 0 aromatic carbocycles.